The first-order valence-electron chi connectivity index (χ1n) is 4.49. The van der Waals surface area contributed by atoms with Gasteiger partial charge in [-0.25, -0.2) is 4.98 Å². The van der Waals surface area contributed by atoms with E-state index in [2.05, 4.69) is 11.9 Å². The third kappa shape index (κ3) is 1.72. The monoisotopic (exact) mass is 195 g/mol. The average molecular weight is 195 g/mol. The van der Waals surface area contributed by atoms with Gasteiger partial charge in [-0.05, 0) is 6.92 Å². The molecule has 0 atom stereocenters. The van der Waals surface area contributed by atoms with Crippen LogP contribution in [0.3, 0.4) is 0 Å². The molecule has 0 saturated carbocycles. The SMILES string of the molecule is Cc1nc2c(s1)CCN(C=N)CC2. The van der Waals surface area contributed by atoms with Gasteiger partial charge in [0.15, 0.2) is 0 Å². The quantitative estimate of drug-likeness (QED) is 0.544. The van der Waals surface area contributed by atoms with Crippen LogP contribution in [0.4, 0.5) is 0 Å². The van der Waals surface area contributed by atoms with Gasteiger partial charge < -0.3 is 4.90 Å². The number of hydrogen-bond acceptors (Lipinski definition) is 3. The van der Waals surface area contributed by atoms with Gasteiger partial charge in [0, 0.05) is 30.8 Å². The third-order valence-corrected chi connectivity index (χ3v) is 3.40. The van der Waals surface area contributed by atoms with Crippen molar-refractivity contribution in [2.45, 2.75) is 19.8 Å². The molecule has 1 N–H and O–H groups in total. The second-order valence-corrected chi connectivity index (χ2v) is 4.56. The Hall–Kier alpha value is -0.900. The van der Waals surface area contributed by atoms with Crippen molar-refractivity contribution in [3.63, 3.8) is 0 Å². The van der Waals surface area contributed by atoms with E-state index >= 15 is 0 Å². The van der Waals surface area contributed by atoms with E-state index in [-0.39, 0.29) is 0 Å². The maximum Gasteiger partial charge on any atom is 0.0900 e. The summed E-state index contributed by atoms with van der Waals surface area (Å²) in [6.45, 7) is 3.98. The highest BCUT2D eigenvalue weighted by Gasteiger charge is 2.14. The normalized spacial score (nSPS) is 16.5. The van der Waals surface area contributed by atoms with Crippen LogP contribution < -0.4 is 0 Å². The van der Waals surface area contributed by atoms with Gasteiger partial charge >= 0.3 is 0 Å². The predicted molar refractivity (Wildman–Crippen MR) is 54.6 cm³/mol. The second kappa shape index (κ2) is 3.46. The van der Waals surface area contributed by atoms with Gasteiger partial charge in [0.1, 0.15) is 0 Å². The molecule has 13 heavy (non-hydrogen) atoms. The molecule has 0 unspecified atom stereocenters. The van der Waals surface area contributed by atoms with Crippen molar-refractivity contribution in [2.75, 3.05) is 13.1 Å². The van der Waals surface area contributed by atoms with E-state index in [1.54, 1.807) is 11.3 Å². The Morgan fingerprint density at radius 1 is 1.46 bits per heavy atom. The van der Waals surface area contributed by atoms with E-state index in [9.17, 15) is 0 Å². The van der Waals surface area contributed by atoms with Gasteiger partial charge in [-0.3, -0.25) is 5.41 Å². The molecule has 2 heterocycles. The predicted octanol–water partition coefficient (Wildman–Crippen LogP) is 1.46. The first kappa shape index (κ1) is 8.69. The Morgan fingerprint density at radius 2 is 2.23 bits per heavy atom. The van der Waals surface area contributed by atoms with Crippen LogP contribution >= 0.6 is 11.3 Å². The van der Waals surface area contributed by atoms with Crippen molar-refractivity contribution in [2.24, 2.45) is 0 Å². The molecule has 2 rings (SSSR count). The lowest BCUT2D eigenvalue weighted by Gasteiger charge is -2.14. The van der Waals surface area contributed by atoms with E-state index in [1.807, 2.05) is 4.90 Å². The van der Waals surface area contributed by atoms with Crippen LogP contribution in [0.2, 0.25) is 0 Å². The largest absolute Gasteiger partial charge is 0.362 e. The van der Waals surface area contributed by atoms with Crippen LogP contribution in [0, 0.1) is 12.3 Å². The summed E-state index contributed by atoms with van der Waals surface area (Å²) in [5.41, 5.74) is 1.26. The molecule has 0 aliphatic carbocycles. The highest BCUT2D eigenvalue weighted by molar-refractivity contribution is 7.11. The highest BCUT2D eigenvalue weighted by Crippen LogP contribution is 2.21. The Kier molecular flexibility index (Phi) is 2.31. The number of rotatable bonds is 1. The number of fused-ring (bicyclic) bond motifs is 1. The number of aryl methyl sites for hydroxylation is 1. The summed E-state index contributed by atoms with van der Waals surface area (Å²) >= 11 is 1.80. The molecular formula is C9H13N3S. The molecule has 0 saturated heterocycles. The number of nitrogens with one attached hydrogen (secondary N) is 1. The van der Waals surface area contributed by atoms with Crippen molar-refractivity contribution in [3.8, 4) is 0 Å². The van der Waals surface area contributed by atoms with Crippen molar-refractivity contribution < 1.29 is 0 Å². The number of aromatic nitrogens is 1. The molecule has 70 valence electrons. The molecule has 0 fully saturated rings. The molecule has 0 spiro atoms. The molecule has 0 aromatic carbocycles. The lowest BCUT2D eigenvalue weighted by molar-refractivity contribution is 0.449. The van der Waals surface area contributed by atoms with Crippen LogP contribution in [0.25, 0.3) is 0 Å². The van der Waals surface area contributed by atoms with Gasteiger partial charge in [0.2, 0.25) is 0 Å². The molecule has 1 aliphatic rings. The van der Waals surface area contributed by atoms with E-state index in [4.69, 9.17) is 5.41 Å². The zero-order valence-corrected chi connectivity index (χ0v) is 8.52. The summed E-state index contributed by atoms with van der Waals surface area (Å²) in [6, 6.07) is 0. The van der Waals surface area contributed by atoms with Crippen LogP contribution in [0.15, 0.2) is 0 Å². The number of hydrogen-bond donors (Lipinski definition) is 1. The number of nitrogens with zero attached hydrogens (tertiary/aromatic N) is 2. The lowest BCUT2D eigenvalue weighted by atomic mass is 10.2. The molecule has 0 bridgehead atoms. The van der Waals surface area contributed by atoms with Crippen LogP contribution in [-0.2, 0) is 12.8 Å². The molecular weight excluding hydrogens is 182 g/mol. The zero-order chi connectivity index (χ0) is 9.26. The second-order valence-electron chi connectivity index (χ2n) is 3.27. The van der Waals surface area contributed by atoms with Gasteiger partial charge in [0.05, 0.1) is 17.0 Å². The summed E-state index contributed by atoms with van der Waals surface area (Å²) in [7, 11) is 0. The van der Waals surface area contributed by atoms with E-state index in [0.29, 0.717) is 0 Å². The summed E-state index contributed by atoms with van der Waals surface area (Å²) in [5, 5.41) is 8.35. The maximum absolute atomic E-state index is 7.18. The van der Waals surface area contributed by atoms with E-state index < -0.39 is 0 Å². The lowest BCUT2D eigenvalue weighted by Crippen LogP contribution is -2.24. The Balaban J connectivity index is 2.19. The van der Waals surface area contributed by atoms with Gasteiger partial charge in [-0.1, -0.05) is 0 Å². The fraction of sp³-hybridized carbons (Fsp3) is 0.556. The minimum atomic E-state index is 0.944. The Morgan fingerprint density at radius 3 is 3.00 bits per heavy atom. The summed E-state index contributed by atoms with van der Waals surface area (Å²) in [4.78, 5) is 7.96. The minimum absolute atomic E-state index is 0.944. The van der Waals surface area contributed by atoms with Crippen LogP contribution in [0.1, 0.15) is 15.6 Å². The average Bonchev–Trinajstić information content (AvgIpc) is 2.37. The standard InChI is InChI=1S/C9H13N3S/c1-7-11-8-2-4-12(6-10)5-3-9(8)13-7/h6,10H,2-5H2,1H3. The fourth-order valence-electron chi connectivity index (χ4n) is 1.64. The van der Waals surface area contributed by atoms with Gasteiger partial charge in [0.25, 0.3) is 0 Å². The first-order chi connectivity index (χ1) is 6.29. The molecule has 1 aromatic heterocycles. The van der Waals surface area contributed by atoms with Crippen molar-refractivity contribution in [3.05, 3.63) is 15.6 Å². The molecule has 1 aliphatic heterocycles. The summed E-state index contributed by atoms with van der Waals surface area (Å²) < 4.78 is 0. The van der Waals surface area contributed by atoms with Crippen LogP contribution in [0.5, 0.6) is 0 Å². The van der Waals surface area contributed by atoms with E-state index in [0.717, 1.165) is 25.9 Å². The topological polar surface area (TPSA) is 40.0 Å². The molecule has 0 amide bonds. The third-order valence-electron chi connectivity index (χ3n) is 2.33. The van der Waals surface area contributed by atoms with Crippen LogP contribution in [-0.4, -0.2) is 29.3 Å². The summed E-state index contributed by atoms with van der Waals surface area (Å²) in [5.74, 6) is 0. The zero-order valence-electron chi connectivity index (χ0n) is 7.71. The smallest absolute Gasteiger partial charge is 0.0900 e. The van der Waals surface area contributed by atoms with Crippen molar-refractivity contribution >= 4 is 17.7 Å². The molecule has 3 nitrogen and oxygen atoms in total. The van der Waals surface area contributed by atoms with Gasteiger partial charge in [-0.15, -0.1) is 11.3 Å². The van der Waals surface area contributed by atoms with E-state index in [1.165, 1.54) is 21.9 Å². The maximum atomic E-state index is 7.18. The fourth-order valence-corrected chi connectivity index (χ4v) is 2.61. The molecule has 1 aromatic rings. The number of thiazole rings is 1. The van der Waals surface area contributed by atoms with Gasteiger partial charge in [-0.2, -0.15) is 0 Å². The Bertz CT molecular complexity index is 293. The molecule has 4 heteroatoms. The first-order valence-corrected chi connectivity index (χ1v) is 5.31. The van der Waals surface area contributed by atoms with Crippen molar-refractivity contribution in [1.29, 1.82) is 5.41 Å². The Labute approximate surface area is 81.9 Å². The highest BCUT2D eigenvalue weighted by atomic mass is 32.1. The molecule has 0 radical (unpaired) electrons. The van der Waals surface area contributed by atoms with Crippen molar-refractivity contribution in [1.82, 2.24) is 9.88 Å². The summed E-state index contributed by atoms with van der Waals surface area (Å²) in [6.07, 6.45) is 3.48. The minimum Gasteiger partial charge on any atom is -0.362 e.